The molecule has 5 nitrogen and oxygen atoms in total. The molecule has 3 N–H and O–H groups in total. The van der Waals surface area contributed by atoms with Gasteiger partial charge in [0.05, 0.1) is 0 Å². The van der Waals surface area contributed by atoms with Crippen LogP contribution in [0, 0.1) is 0 Å². The molecule has 0 radical (unpaired) electrons. The zero-order chi connectivity index (χ0) is 12.8. The Labute approximate surface area is 101 Å². The Morgan fingerprint density at radius 1 is 1.41 bits per heavy atom. The lowest BCUT2D eigenvalue weighted by Gasteiger charge is -2.27. The molecule has 0 bridgehead atoms. The molecule has 0 unspecified atom stereocenters. The topological polar surface area (TPSA) is 87.0 Å². The average Bonchev–Trinajstić information content (AvgIpc) is 2.31. The molecule has 98 valence electrons. The number of cyclic esters (lactones) is 1. The zero-order valence-corrected chi connectivity index (χ0v) is 9.95. The van der Waals surface area contributed by atoms with Gasteiger partial charge in [0.25, 0.3) is 0 Å². The molecule has 5 heteroatoms. The molecule has 0 aromatic carbocycles. The number of ether oxygens (including phenoxy) is 1. The van der Waals surface area contributed by atoms with Crippen molar-refractivity contribution < 1.29 is 24.9 Å². The molecule has 0 saturated carbocycles. The molecule has 0 aliphatic carbocycles. The van der Waals surface area contributed by atoms with E-state index in [-0.39, 0.29) is 6.42 Å². The van der Waals surface area contributed by atoms with Crippen molar-refractivity contribution in [3.05, 3.63) is 12.2 Å². The molecule has 0 spiro atoms. The van der Waals surface area contributed by atoms with Crippen LogP contribution in [0.15, 0.2) is 12.2 Å². The molecule has 0 amide bonds. The first-order chi connectivity index (χ1) is 8.06. The van der Waals surface area contributed by atoms with E-state index in [1.165, 1.54) is 6.08 Å². The summed E-state index contributed by atoms with van der Waals surface area (Å²) in [6.45, 7) is 1.89. The van der Waals surface area contributed by atoms with Gasteiger partial charge in [-0.25, -0.2) is 4.79 Å². The number of hydrogen-bond acceptors (Lipinski definition) is 5. The third kappa shape index (κ3) is 4.11. The molecule has 0 aromatic heterocycles. The fourth-order valence-electron chi connectivity index (χ4n) is 1.75. The molecule has 1 aliphatic rings. The predicted molar refractivity (Wildman–Crippen MR) is 61.2 cm³/mol. The standard InChI is InChI=1S/C12H20O5/c1-2-5-10-11(15)8(13)6-3-4-7-9(14)12(16)17-10/h3,6,8-11,13-15H,2,4-5,7H2,1H3/b6-3-/t8-,9-,10+,11-/m1/s1. The monoisotopic (exact) mass is 244 g/mol. The second kappa shape index (κ2) is 6.74. The number of carbonyl (C=O) groups is 1. The summed E-state index contributed by atoms with van der Waals surface area (Å²) in [4.78, 5) is 11.5. The molecular weight excluding hydrogens is 224 g/mol. The Morgan fingerprint density at radius 2 is 2.12 bits per heavy atom. The van der Waals surface area contributed by atoms with Crippen molar-refractivity contribution in [3.8, 4) is 0 Å². The van der Waals surface area contributed by atoms with Crippen LogP contribution in [0.2, 0.25) is 0 Å². The van der Waals surface area contributed by atoms with Crippen LogP contribution >= 0.6 is 0 Å². The summed E-state index contributed by atoms with van der Waals surface area (Å²) < 4.78 is 5.03. The highest BCUT2D eigenvalue weighted by atomic mass is 16.6. The Hall–Kier alpha value is -0.910. The van der Waals surface area contributed by atoms with E-state index >= 15 is 0 Å². The van der Waals surface area contributed by atoms with Crippen molar-refractivity contribution in [2.45, 2.75) is 57.0 Å². The quantitative estimate of drug-likeness (QED) is 0.475. The van der Waals surface area contributed by atoms with Gasteiger partial charge in [0, 0.05) is 0 Å². The van der Waals surface area contributed by atoms with Gasteiger partial charge in [0.1, 0.15) is 18.3 Å². The van der Waals surface area contributed by atoms with Gasteiger partial charge < -0.3 is 20.1 Å². The molecule has 1 heterocycles. The van der Waals surface area contributed by atoms with Crippen molar-refractivity contribution >= 4 is 5.97 Å². The molecule has 1 aliphatic heterocycles. The lowest BCUT2D eigenvalue weighted by Crippen LogP contribution is -2.41. The van der Waals surface area contributed by atoms with Crippen molar-refractivity contribution in [3.63, 3.8) is 0 Å². The van der Waals surface area contributed by atoms with Crippen LogP contribution in [0.4, 0.5) is 0 Å². The number of hydrogen-bond donors (Lipinski definition) is 3. The highest BCUT2D eigenvalue weighted by Gasteiger charge is 2.30. The molecule has 17 heavy (non-hydrogen) atoms. The molecule has 1 rings (SSSR count). The molecule has 4 atom stereocenters. The molecule has 0 fully saturated rings. The van der Waals surface area contributed by atoms with Crippen molar-refractivity contribution in [2.75, 3.05) is 0 Å². The Kier molecular flexibility index (Phi) is 5.61. The smallest absolute Gasteiger partial charge is 0.335 e. The van der Waals surface area contributed by atoms with Crippen molar-refractivity contribution in [2.24, 2.45) is 0 Å². The van der Waals surface area contributed by atoms with Crippen LogP contribution in [0.5, 0.6) is 0 Å². The largest absolute Gasteiger partial charge is 0.458 e. The van der Waals surface area contributed by atoms with E-state index in [0.717, 1.165) is 0 Å². The van der Waals surface area contributed by atoms with E-state index in [1.54, 1.807) is 6.08 Å². The van der Waals surface area contributed by atoms with E-state index in [0.29, 0.717) is 19.3 Å². The minimum Gasteiger partial charge on any atom is -0.458 e. The first kappa shape index (κ1) is 14.2. The number of aliphatic hydroxyl groups excluding tert-OH is 3. The highest BCUT2D eigenvalue weighted by Crippen LogP contribution is 2.16. The van der Waals surface area contributed by atoms with E-state index in [1.807, 2.05) is 6.92 Å². The Balaban J connectivity index is 2.80. The summed E-state index contributed by atoms with van der Waals surface area (Å²) in [6, 6.07) is 0. The summed E-state index contributed by atoms with van der Waals surface area (Å²) in [6.07, 6.45) is 0.857. The van der Waals surface area contributed by atoms with Crippen LogP contribution in [0.1, 0.15) is 32.6 Å². The third-order valence-electron chi connectivity index (χ3n) is 2.78. The van der Waals surface area contributed by atoms with Crippen LogP contribution < -0.4 is 0 Å². The predicted octanol–water partition coefficient (Wildman–Crippen LogP) is 0.131. The average molecular weight is 244 g/mol. The summed E-state index contributed by atoms with van der Waals surface area (Å²) in [5, 5.41) is 29.0. The number of esters is 1. The van der Waals surface area contributed by atoms with E-state index in [4.69, 9.17) is 4.74 Å². The van der Waals surface area contributed by atoms with Crippen LogP contribution in [-0.2, 0) is 9.53 Å². The van der Waals surface area contributed by atoms with Crippen molar-refractivity contribution in [1.82, 2.24) is 0 Å². The van der Waals surface area contributed by atoms with Crippen LogP contribution in [0.3, 0.4) is 0 Å². The van der Waals surface area contributed by atoms with Gasteiger partial charge in [-0.1, -0.05) is 25.5 Å². The minimum absolute atomic E-state index is 0.261. The maximum absolute atomic E-state index is 11.5. The van der Waals surface area contributed by atoms with Crippen molar-refractivity contribution in [1.29, 1.82) is 0 Å². The number of rotatable bonds is 2. The Morgan fingerprint density at radius 3 is 2.76 bits per heavy atom. The number of aliphatic hydroxyl groups is 3. The lowest BCUT2D eigenvalue weighted by atomic mass is 10.0. The lowest BCUT2D eigenvalue weighted by molar-refractivity contribution is -0.169. The van der Waals surface area contributed by atoms with Gasteiger partial charge in [-0.05, 0) is 19.3 Å². The normalized spacial score (nSPS) is 37.3. The van der Waals surface area contributed by atoms with Gasteiger partial charge in [0.15, 0.2) is 6.10 Å². The zero-order valence-electron chi connectivity index (χ0n) is 9.95. The van der Waals surface area contributed by atoms with Crippen LogP contribution in [-0.4, -0.2) is 45.7 Å². The maximum Gasteiger partial charge on any atom is 0.335 e. The van der Waals surface area contributed by atoms with Gasteiger partial charge in [-0.2, -0.15) is 0 Å². The second-order valence-electron chi connectivity index (χ2n) is 4.27. The summed E-state index contributed by atoms with van der Waals surface area (Å²) in [5.41, 5.74) is 0. The second-order valence-corrected chi connectivity index (χ2v) is 4.27. The SMILES string of the molecule is CCC[C@@H]1OC(=O)[C@H](O)CC/C=C\[C@@H](O)[C@H]1O. The van der Waals surface area contributed by atoms with E-state index < -0.39 is 30.4 Å². The molecular formula is C12H20O5. The van der Waals surface area contributed by atoms with Gasteiger partial charge >= 0.3 is 5.97 Å². The number of allylic oxidation sites excluding steroid dienone is 1. The van der Waals surface area contributed by atoms with Gasteiger partial charge in [-0.3, -0.25) is 0 Å². The third-order valence-corrected chi connectivity index (χ3v) is 2.78. The highest BCUT2D eigenvalue weighted by molar-refractivity contribution is 5.74. The Bertz CT molecular complexity index is 276. The minimum atomic E-state index is -1.17. The first-order valence-electron chi connectivity index (χ1n) is 5.97. The van der Waals surface area contributed by atoms with Crippen LogP contribution in [0.25, 0.3) is 0 Å². The molecule has 0 saturated heterocycles. The van der Waals surface area contributed by atoms with E-state index in [2.05, 4.69) is 0 Å². The molecule has 0 aromatic rings. The fraction of sp³-hybridized carbons (Fsp3) is 0.750. The van der Waals surface area contributed by atoms with Gasteiger partial charge in [0.2, 0.25) is 0 Å². The van der Waals surface area contributed by atoms with Gasteiger partial charge in [-0.15, -0.1) is 0 Å². The summed E-state index contributed by atoms with van der Waals surface area (Å²) in [5.74, 6) is -0.731. The maximum atomic E-state index is 11.5. The summed E-state index contributed by atoms with van der Waals surface area (Å²) in [7, 11) is 0. The fourth-order valence-corrected chi connectivity index (χ4v) is 1.75. The summed E-state index contributed by atoms with van der Waals surface area (Å²) >= 11 is 0. The number of carbonyl (C=O) groups excluding carboxylic acids is 1. The van der Waals surface area contributed by atoms with E-state index in [9.17, 15) is 20.1 Å². The first-order valence-corrected chi connectivity index (χ1v) is 5.97.